The molecule has 1 atom stereocenters. The zero-order chi connectivity index (χ0) is 20.8. The molecule has 0 aliphatic carbocycles. The van der Waals surface area contributed by atoms with E-state index >= 15 is 0 Å². The summed E-state index contributed by atoms with van der Waals surface area (Å²) < 4.78 is 21.0. The quantitative estimate of drug-likeness (QED) is 0.425. The molecule has 1 amide bonds. The van der Waals surface area contributed by atoms with Gasteiger partial charge in [-0.15, -0.1) is 0 Å². The minimum atomic E-state index is -1.11. The van der Waals surface area contributed by atoms with Crippen LogP contribution in [0.15, 0.2) is 42.5 Å². The number of fused-ring (bicyclic) bond motifs is 1. The minimum Gasteiger partial charge on any atom is -0.486 e. The molecule has 0 unspecified atom stereocenters. The first-order valence-electron chi connectivity index (χ1n) is 8.70. The zero-order valence-electron chi connectivity index (χ0n) is 15.5. The van der Waals surface area contributed by atoms with Gasteiger partial charge in [-0.25, -0.2) is 4.79 Å². The summed E-state index contributed by atoms with van der Waals surface area (Å²) in [6.45, 7) is 1.70. The molecule has 0 radical (unpaired) electrons. The monoisotopic (exact) mass is 402 g/mol. The van der Waals surface area contributed by atoms with Crippen LogP contribution in [0, 0.1) is 10.1 Å². The van der Waals surface area contributed by atoms with Gasteiger partial charge in [-0.05, 0) is 25.1 Å². The third kappa shape index (κ3) is 5.12. The largest absolute Gasteiger partial charge is 0.486 e. The van der Waals surface area contributed by atoms with Crippen LogP contribution in [-0.2, 0) is 14.3 Å². The number of hydrogen-bond donors (Lipinski definition) is 1. The van der Waals surface area contributed by atoms with Gasteiger partial charge >= 0.3 is 11.7 Å². The van der Waals surface area contributed by atoms with Gasteiger partial charge < -0.3 is 24.3 Å². The maximum Gasteiger partial charge on any atom is 0.344 e. The fourth-order valence-corrected chi connectivity index (χ4v) is 2.52. The van der Waals surface area contributed by atoms with Crippen molar-refractivity contribution < 1.29 is 33.5 Å². The Morgan fingerprint density at radius 2 is 1.90 bits per heavy atom. The average molecular weight is 402 g/mol. The molecule has 2 aromatic rings. The number of carbonyl (C=O) groups is 2. The normalized spacial score (nSPS) is 13.1. The molecule has 1 heterocycles. The Balaban J connectivity index is 1.52. The highest BCUT2D eigenvalue weighted by atomic mass is 16.6. The molecule has 0 fully saturated rings. The molecule has 0 aromatic heterocycles. The first kappa shape index (κ1) is 19.9. The van der Waals surface area contributed by atoms with Crippen molar-refractivity contribution in [3.8, 4) is 17.2 Å². The van der Waals surface area contributed by atoms with E-state index in [4.69, 9.17) is 18.9 Å². The van der Waals surface area contributed by atoms with Crippen molar-refractivity contribution in [1.82, 2.24) is 0 Å². The van der Waals surface area contributed by atoms with E-state index in [1.54, 1.807) is 18.2 Å². The van der Waals surface area contributed by atoms with Crippen LogP contribution in [0.25, 0.3) is 0 Å². The number of nitro benzene ring substituents is 1. The third-order valence-corrected chi connectivity index (χ3v) is 3.89. The molecule has 3 rings (SSSR count). The molecule has 1 N–H and O–H groups in total. The number of ether oxygens (including phenoxy) is 4. The number of nitrogens with one attached hydrogen (secondary N) is 1. The summed E-state index contributed by atoms with van der Waals surface area (Å²) in [4.78, 5) is 34.5. The molecule has 0 saturated heterocycles. The van der Waals surface area contributed by atoms with Crippen molar-refractivity contribution in [3.05, 3.63) is 52.6 Å². The second-order valence-corrected chi connectivity index (χ2v) is 5.99. The lowest BCUT2D eigenvalue weighted by Crippen LogP contribution is -2.31. The number of para-hydroxylation sites is 2. The standard InChI is InChI=1S/C19H18N2O8/c1-12(19(23)20-13-6-7-16-17(10-13)27-9-8-26-16)29-18(22)11-28-15-5-3-2-4-14(15)21(24)25/h2-7,10,12H,8-9,11H2,1H3,(H,20,23)/t12-/m1/s1. The fraction of sp³-hybridized carbons (Fsp3) is 0.263. The van der Waals surface area contributed by atoms with E-state index in [0.717, 1.165) is 0 Å². The van der Waals surface area contributed by atoms with Crippen LogP contribution < -0.4 is 19.5 Å². The fourth-order valence-electron chi connectivity index (χ4n) is 2.52. The molecular formula is C19H18N2O8. The molecule has 0 spiro atoms. The first-order valence-corrected chi connectivity index (χ1v) is 8.70. The van der Waals surface area contributed by atoms with E-state index in [9.17, 15) is 19.7 Å². The molecule has 1 aliphatic heterocycles. The molecule has 152 valence electrons. The summed E-state index contributed by atoms with van der Waals surface area (Å²) in [6.07, 6.45) is -1.11. The Morgan fingerprint density at radius 1 is 1.17 bits per heavy atom. The van der Waals surface area contributed by atoms with Crippen LogP contribution in [-0.4, -0.2) is 42.7 Å². The first-order chi connectivity index (χ1) is 13.9. The van der Waals surface area contributed by atoms with Crippen LogP contribution >= 0.6 is 0 Å². The van der Waals surface area contributed by atoms with Crippen LogP contribution in [0.4, 0.5) is 11.4 Å². The zero-order valence-corrected chi connectivity index (χ0v) is 15.5. The number of anilines is 1. The topological polar surface area (TPSA) is 126 Å². The van der Waals surface area contributed by atoms with E-state index in [0.29, 0.717) is 30.4 Å². The number of carbonyl (C=O) groups excluding carboxylic acids is 2. The summed E-state index contributed by atoms with van der Waals surface area (Å²) in [5, 5.41) is 13.5. The average Bonchev–Trinajstić information content (AvgIpc) is 2.72. The molecule has 10 nitrogen and oxygen atoms in total. The van der Waals surface area contributed by atoms with Crippen molar-refractivity contribution in [2.45, 2.75) is 13.0 Å². The van der Waals surface area contributed by atoms with Crippen molar-refractivity contribution in [2.75, 3.05) is 25.1 Å². The van der Waals surface area contributed by atoms with Crippen LogP contribution in [0.2, 0.25) is 0 Å². The predicted octanol–water partition coefficient (Wildman–Crippen LogP) is 2.32. The van der Waals surface area contributed by atoms with Gasteiger partial charge in [0, 0.05) is 17.8 Å². The lowest BCUT2D eigenvalue weighted by molar-refractivity contribution is -0.385. The second kappa shape index (κ2) is 8.91. The van der Waals surface area contributed by atoms with Crippen LogP contribution in [0.3, 0.4) is 0 Å². The molecule has 29 heavy (non-hydrogen) atoms. The Labute approximate surface area is 165 Å². The van der Waals surface area contributed by atoms with Gasteiger partial charge in [0.25, 0.3) is 5.91 Å². The molecule has 10 heteroatoms. The third-order valence-electron chi connectivity index (χ3n) is 3.89. The van der Waals surface area contributed by atoms with Gasteiger partial charge in [-0.2, -0.15) is 0 Å². The number of rotatable bonds is 7. The van der Waals surface area contributed by atoms with Crippen molar-refractivity contribution >= 4 is 23.3 Å². The highest BCUT2D eigenvalue weighted by Gasteiger charge is 2.21. The SMILES string of the molecule is C[C@@H](OC(=O)COc1ccccc1[N+](=O)[O-])C(=O)Nc1ccc2c(c1)OCCO2. The Kier molecular flexibility index (Phi) is 6.12. The lowest BCUT2D eigenvalue weighted by atomic mass is 10.2. The smallest absolute Gasteiger partial charge is 0.344 e. The summed E-state index contributed by atoms with van der Waals surface area (Å²) in [5.74, 6) is -0.367. The second-order valence-electron chi connectivity index (χ2n) is 5.99. The molecule has 1 aliphatic rings. The summed E-state index contributed by atoms with van der Waals surface area (Å²) >= 11 is 0. The van der Waals surface area contributed by atoms with Crippen molar-refractivity contribution in [3.63, 3.8) is 0 Å². The summed E-state index contributed by atoms with van der Waals surface area (Å²) in [7, 11) is 0. The van der Waals surface area contributed by atoms with Gasteiger partial charge in [0.05, 0.1) is 4.92 Å². The van der Waals surface area contributed by atoms with Gasteiger partial charge in [0.1, 0.15) is 13.2 Å². The van der Waals surface area contributed by atoms with Crippen molar-refractivity contribution in [1.29, 1.82) is 0 Å². The number of esters is 1. The molecule has 0 bridgehead atoms. The highest BCUT2D eigenvalue weighted by molar-refractivity contribution is 5.95. The van der Waals surface area contributed by atoms with E-state index in [1.165, 1.54) is 31.2 Å². The minimum absolute atomic E-state index is 0.0668. The number of benzene rings is 2. The highest BCUT2D eigenvalue weighted by Crippen LogP contribution is 2.32. The van der Waals surface area contributed by atoms with E-state index in [2.05, 4.69) is 5.32 Å². The van der Waals surface area contributed by atoms with Gasteiger partial charge in [0.15, 0.2) is 30.0 Å². The van der Waals surface area contributed by atoms with E-state index in [-0.39, 0.29) is 11.4 Å². The Morgan fingerprint density at radius 3 is 2.66 bits per heavy atom. The van der Waals surface area contributed by atoms with Crippen LogP contribution in [0.1, 0.15) is 6.92 Å². The lowest BCUT2D eigenvalue weighted by Gasteiger charge is -2.19. The number of nitro groups is 1. The van der Waals surface area contributed by atoms with Gasteiger partial charge in [-0.3, -0.25) is 14.9 Å². The molecule has 0 saturated carbocycles. The predicted molar refractivity (Wildman–Crippen MR) is 100 cm³/mol. The van der Waals surface area contributed by atoms with Crippen molar-refractivity contribution in [2.24, 2.45) is 0 Å². The maximum absolute atomic E-state index is 12.2. The Hall–Kier alpha value is -3.82. The number of amides is 1. The van der Waals surface area contributed by atoms with E-state index in [1.807, 2.05) is 0 Å². The van der Waals surface area contributed by atoms with Crippen LogP contribution in [0.5, 0.6) is 17.2 Å². The Bertz CT molecular complexity index is 930. The molecular weight excluding hydrogens is 384 g/mol. The van der Waals surface area contributed by atoms with E-state index < -0.39 is 29.5 Å². The molecule has 2 aromatic carbocycles. The van der Waals surface area contributed by atoms with Gasteiger partial charge in [0.2, 0.25) is 0 Å². The summed E-state index contributed by atoms with van der Waals surface area (Å²) in [6, 6.07) is 10.6. The number of hydrogen-bond acceptors (Lipinski definition) is 8. The maximum atomic E-state index is 12.2. The number of nitrogens with zero attached hydrogens (tertiary/aromatic N) is 1. The van der Waals surface area contributed by atoms with Gasteiger partial charge in [-0.1, -0.05) is 12.1 Å². The summed E-state index contributed by atoms with van der Waals surface area (Å²) in [5.41, 5.74) is 0.183.